The zero-order valence-corrected chi connectivity index (χ0v) is 35.1. The molecule has 0 N–H and O–H groups in total. The van der Waals surface area contributed by atoms with Crippen molar-refractivity contribution >= 4 is 17.9 Å². The Morgan fingerprint density at radius 1 is 0.556 bits per heavy atom. The second kappa shape index (κ2) is 37.0. The standard InChI is InChI=1S/C46H79NO7/c1-6-8-10-12-14-16-18-20-21-22-23-25-27-29-31-33-35-37-45(49)54-42(40-52-39-38-43(46(50)51)47(3,4)5)41-53-44(48)36-34-32-30-28-26-24-19-17-15-13-11-9-7-2/h14,16,20-21,23-26,29,31,42-43H,6-13,15,17-19,22,27-28,30,32-41H2,1-5H3/b16-14+,21-20+,25-23+,26-24+,31-29+. The van der Waals surface area contributed by atoms with Gasteiger partial charge in [0.05, 0.1) is 40.3 Å². The molecule has 0 aromatic rings. The number of rotatable bonds is 37. The summed E-state index contributed by atoms with van der Waals surface area (Å²) in [4.78, 5) is 36.7. The highest BCUT2D eigenvalue weighted by molar-refractivity contribution is 5.70. The summed E-state index contributed by atoms with van der Waals surface area (Å²) in [6.07, 6.45) is 43.9. The molecule has 2 atom stereocenters. The molecular formula is C46H79NO7. The van der Waals surface area contributed by atoms with Crippen LogP contribution < -0.4 is 5.11 Å². The zero-order chi connectivity index (χ0) is 40.0. The summed E-state index contributed by atoms with van der Waals surface area (Å²) in [6.45, 7) is 4.53. The molecule has 0 aliphatic rings. The average Bonchev–Trinajstić information content (AvgIpc) is 3.12. The number of ether oxygens (including phenoxy) is 3. The quantitative estimate of drug-likeness (QED) is 0.0269. The largest absolute Gasteiger partial charge is 0.544 e. The van der Waals surface area contributed by atoms with Crippen molar-refractivity contribution in [1.29, 1.82) is 0 Å². The first kappa shape index (κ1) is 51.0. The molecule has 0 aliphatic carbocycles. The molecule has 8 heteroatoms. The van der Waals surface area contributed by atoms with Crippen LogP contribution in [0.5, 0.6) is 0 Å². The van der Waals surface area contributed by atoms with Gasteiger partial charge in [0.15, 0.2) is 6.10 Å². The first-order chi connectivity index (χ1) is 26.1. The Hall–Kier alpha value is -2.97. The number of quaternary nitrogens is 1. The van der Waals surface area contributed by atoms with Crippen molar-refractivity contribution in [3.8, 4) is 0 Å². The van der Waals surface area contributed by atoms with E-state index < -0.39 is 18.1 Å². The molecule has 0 fully saturated rings. The van der Waals surface area contributed by atoms with Gasteiger partial charge >= 0.3 is 11.9 Å². The van der Waals surface area contributed by atoms with Crippen molar-refractivity contribution in [2.75, 3.05) is 41.0 Å². The molecule has 310 valence electrons. The van der Waals surface area contributed by atoms with Gasteiger partial charge in [0.1, 0.15) is 12.6 Å². The van der Waals surface area contributed by atoms with E-state index in [9.17, 15) is 19.5 Å². The summed E-state index contributed by atoms with van der Waals surface area (Å²) in [6, 6.07) is -0.739. The molecule has 0 aromatic heterocycles. The number of allylic oxidation sites excluding steroid dienone is 10. The number of aliphatic carboxylic acids is 1. The van der Waals surface area contributed by atoms with Crippen molar-refractivity contribution in [2.45, 2.75) is 174 Å². The van der Waals surface area contributed by atoms with E-state index in [4.69, 9.17) is 14.2 Å². The van der Waals surface area contributed by atoms with E-state index in [0.717, 1.165) is 57.8 Å². The summed E-state index contributed by atoms with van der Waals surface area (Å²) in [5, 5.41) is 11.6. The molecule has 0 aromatic carbocycles. The van der Waals surface area contributed by atoms with Gasteiger partial charge in [-0.3, -0.25) is 9.59 Å². The Kier molecular flexibility index (Phi) is 34.9. The van der Waals surface area contributed by atoms with Gasteiger partial charge < -0.3 is 28.6 Å². The number of nitrogens with zero attached hydrogens (tertiary/aromatic N) is 1. The molecule has 2 unspecified atom stereocenters. The predicted molar refractivity (Wildman–Crippen MR) is 222 cm³/mol. The van der Waals surface area contributed by atoms with E-state index >= 15 is 0 Å². The number of carbonyl (C=O) groups is 3. The van der Waals surface area contributed by atoms with Crippen molar-refractivity contribution in [3.05, 3.63) is 60.8 Å². The fraction of sp³-hybridized carbons (Fsp3) is 0.717. The van der Waals surface area contributed by atoms with Crippen LogP contribution in [0.2, 0.25) is 0 Å². The third-order valence-corrected chi connectivity index (χ3v) is 9.13. The summed E-state index contributed by atoms with van der Waals surface area (Å²) in [7, 11) is 5.37. The predicted octanol–water partition coefficient (Wildman–Crippen LogP) is 10.1. The van der Waals surface area contributed by atoms with Gasteiger partial charge in [-0.05, 0) is 77.0 Å². The highest BCUT2D eigenvalue weighted by atomic mass is 16.6. The maximum Gasteiger partial charge on any atom is 0.306 e. The number of carboxylic acids is 1. The Balaban J connectivity index is 4.51. The third kappa shape index (κ3) is 34.8. The van der Waals surface area contributed by atoms with Gasteiger partial charge in [0.2, 0.25) is 0 Å². The number of carboxylic acid groups (broad SMARTS) is 1. The van der Waals surface area contributed by atoms with Crippen LogP contribution >= 0.6 is 0 Å². The lowest BCUT2D eigenvalue weighted by atomic mass is 10.1. The zero-order valence-electron chi connectivity index (χ0n) is 35.1. The number of hydrogen-bond acceptors (Lipinski definition) is 7. The lowest BCUT2D eigenvalue weighted by Gasteiger charge is -2.34. The first-order valence-corrected chi connectivity index (χ1v) is 21.3. The van der Waals surface area contributed by atoms with E-state index in [2.05, 4.69) is 74.6 Å². The van der Waals surface area contributed by atoms with Crippen LogP contribution in [0, 0.1) is 0 Å². The summed E-state index contributed by atoms with van der Waals surface area (Å²) < 4.78 is 17.1. The molecule has 8 nitrogen and oxygen atoms in total. The summed E-state index contributed by atoms with van der Waals surface area (Å²) in [5.41, 5.74) is 0. The normalized spacial score (nSPS) is 13.6. The average molecular weight is 758 g/mol. The first-order valence-electron chi connectivity index (χ1n) is 21.3. The second-order valence-electron chi connectivity index (χ2n) is 15.2. The van der Waals surface area contributed by atoms with Crippen LogP contribution in [-0.2, 0) is 28.6 Å². The molecule has 54 heavy (non-hydrogen) atoms. The van der Waals surface area contributed by atoms with Crippen LogP contribution in [0.25, 0.3) is 0 Å². The Bertz CT molecular complexity index is 1070. The number of esters is 2. The van der Waals surface area contributed by atoms with Gasteiger partial charge in [-0.2, -0.15) is 0 Å². The molecular weight excluding hydrogens is 679 g/mol. The minimum Gasteiger partial charge on any atom is -0.544 e. The van der Waals surface area contributed by atoms with E-state index in [1.54, 1.807) is 21.1 Å². The van der Waals surface area contributed by atoms with Gasteiger partial charge in [0.25, 0.3) is 0 Å². The number of hydrogen-bond donors (Lipinski definition) is 0. The van der Waals surface area contributed by atoms with Crippen molar-refractivity contribution in [3.63, 3.8) is 0 Å². The molecule has 0 aliphatic heterocycles. The summed E-state index contributed by atoms with van der Waals surface area (Å²) >= 11 is 0. The fourth-order valence-corrected chi connectivity index (χ4v) is 5.76. The number of likely N-dealkylation sites (N-methyl/N-ethyl adjacent to an activating group) is 1. The lowest BCUT2D eigenvalue weighted by molar-refractivity contribution is -0.889. The molecule has 0 heterocycles. The fourth-order valence-electron chi connectivity index (χ4n) is 5.76. The van der Waals surface area contributed by atoms with E-state index in [0.29, 0.717) is 12.8 Å². The maximum atomic E-state index is 12.7. The lowest BCUT2D eigenvalue weighted by Crippen LogP contribution is -2.55. The highest BCUT2D eigenvalue weighted by Crippen LogP contribution is 2.11. The van der Waals surface area contributed by atoms with E-state index in [1.165, 1.54) is 64.2 Å². The molecule has 0 saturated heterocycles. The monoisotopic (exact) mass is 758 g/mol. The van der Waals surface area contributed by atoms with Crippen LogP contribution in [0.3, 0.4) is 0 Å². The van der Waals surface area contributed by atoms with E-state index in [-0.39, 0.29) is 49.1 Å². The topological polar surface area (TPSA) is 102 Å². The van der Waals surface area contributed by atoms with Gasteiger partial charge in [-0.1, -0.05) is 126 Å². The highest BCUT2D eigenvalue weighted by Gasteiger charge is 2.25. The summed E-state index contributed by atoms with van der Waals surface area (Å²) in [5.74, 6) is -1.84. The van der Waals surface area contributed by atoms with Crippen molar-refractivity contribution < 1.29 is 38.2 Å². The van der Waals surface area contributed by atoms with Gasteiger partial charge in [0, 0.05) is 19.3 Å². The molecule has 0 saturated carbocycles. The van der Waals surface area contributed by atoms with E-state index in [1.807, 2.05) is 0 Å². The van der Waals surface area contributed by atoms with Gasteiger partial charge in [-0.25, -0.2) is 0 Å². The SMILES string of the molecule is CCCCC/C=C/C/C=C/C/C=C/C/C=C/CCCC(=O)OC(COCCC(C(=O)[O-])[N+](C)(C)C)COC(=O)CCCCC/C=C/CCCCCCCC. The smallest absolute Gasteiger partial charge is 0.306 e. The molecule has 0 rings (SSSR count). The Labute approximate surface area is 330 Å². The van der Waals surface area contributed by atoms with Crippen molar-refractivity contribution in [1.82, 2.24) is 0 Å². The van der Waals surface area contributed by atoms with Crippen LogP contribution in [0.1, 0.15) is 162 Å². The number of carbonyl (C=O) groups excluding carboxylic acids is 3. The van der Waals surface area contributed by atoms with Crippen LogP contribution in [0.15, 0.2) is 60.8 Å². The maximum absolute atomic E-state index is 12.7. The number of unbranched alkanes of at least 4 members (excludes halogenated alkanes) is 13. The molecule has 0 amide bonds. The molecule has 0 bridgehead atoms. The molecule has 0 spiro atoms. The minimum absolute atomic E-state index is 0.0121. The van der Waals surface area contributed by atoms with Crippen LogP contribution in [0.4, 0.5) is 0 Å². The second-order valence-corrected chi connectivity index (χ2v) is 15.2. The minimum atomic E-state index is -1.14. The van der Waals surface area contributed by atoms with Gasteiger partial charge in [-0.15, -0.1) is 0 Å². The Morgan fingerprint density at radius 2 is 1.00 bits per heavy atom. The molecule has 0 radical (unpaired) electrons. The van der Waals surface area contributed by atoms with Crippen LogP contribution in [-0.4, -0.2) is 75.5 Å². The third-order valence-electron chi connectivity index (χ3n) is 9.13. The van der Waals surface area contributed by atoms with Crippen molar-refractivity contribution in [2.24, 2.45) is 0 Å². The Morgan fingerprint density at radius 3 is 1.56 bits per heavy atom.